The molecule has 1 amide bonds. The van der Waals surface area contributed by atoms with E-state index in [4.69, 9.17) is 0 Å². The van der Waals surface area contributed by atoms with Crippen molar-refractivity contribution in [2.75, 3.05) is 0 Å². The molecule has 3 heteroatoms. The van der Waals surface area contributed by atoms with E-state index in [1.54, 1.807) is 0 Å². The van der Waals surface area contributed by atoms with Crippen LogP contribution in [0.4, 0.5) is 0 Å². The highest BCUT2D eigenvalue weighted by molar-refractivity contribution is 5.84. The Morgan fingerprint density at radius 1 is 1.17 bits per heavy atom. The molecule has 2 N–H and O–H groups in total. The van der Waals surface area contributed by atoms with Crippen LogP contribution in [0.1, 0.15) is 41.6 Å². The third kappa shape index (κ3) is 3.51. The minimum Gasteiger partial charge on any atom is -0.361 e. The molecule has 3 aromatic rings. The summed E-state index contributed by atoms with van der Waals surface area (Å²) < 4.78 is 0. The van der Waals surface area contributed by atoms with Gasteiger partial charge in [-0.15, -0.1) is 0 Å². The standard InChI is InChI=1S/C21H24N2O/c1-14-8-9-15(2)19(12-14)16(3)23-21(24)11-10-17-13-22-20-7-5-4-6-18(17)20/h4-9,12-13,16,22H,10-11H2,1-3H3,(H,23,24). The van der Waals surface area contributed by atoms with Crippen molar-refractivity contribution < 1.29 is 4.79 Å². The molecule has 124 valence electrons. The van der Waals surface area contributed by atoms with Crippen LogP contribution >= 0.6 is 0 Å². The average Bonchev–Trinajstić information content (AvgIpc) is 2.98. The summed E-state index contributed by atoms with van der Waals surface area (Å²) in [6.07, 6.45) is 3.25. The minimum atomic E-state index is 0.0281. The normalized spacial score (nSPS) is 12.3. The van der Waals surface area contributed by atoms with Crippen LogP contribution in [0.2, 0.25) is 0 Å². The third-order valence-corrected chi connectivity index (χ3v) is 4.58. The molecule has 3 nitrogen and oxygen atoms in total. The van der Waals surface area contributed by atoms with Crippen LogP contribution in [0.15, 0.2) is 48.7 Å². The van der Waals surface area contributed by atoms with Gasteiger partial charge in [-0.25, -0.2) is 0 Å². The maximum absolute atomic E-state index is 12.3. The number of amides is 1. The lowest BCUT2D eigenvalue weighted by atomic mass is 9.99. The second kappa shape index (κ2) is 6.91. The van der Waals surface area contributed by atoms with E-state index in [9.17, 15) is 4.79 Å². The number of benzene rings is 2. The molecule has 1 aromatic heterocycles. The van der Waals surface area contributed by atoms with E-state index in [0.717, 1.165) is 11.9 Å². The molecule has 1 heterocycles. The number of hydrogen-bond acceptors (Lipinski definition) is 1. The van der Waals surface area contributed by atoms with Crippen LogP contribution < -0.4 is 5.32 Å². The molecule has 24 heavy (non-hydrogen) atoms. The first-order valence-corrected chi connectivity index (χ1v) is 8.46. The molecule has 0 aliphatic rings. The number of nitrogens with one attached hydrogen (secondary N) is 2. The first-order valence-electron chi connectivity index (χ1n) is 8.46. The van der Waals surface area contributed by atoms with E-state index in [2.05, 4.69) is 54.5 Å². The highest BCUT2D eigenvalue weighted by atomic mass is 16.1. The SMILES string of the molecule is Cc1ccc(C)c(C(C)NC(=O)CCc2c[nH]c3ccccc23)c1. The Hall–Kier alpha value is -2.55. The van der Waals surface area contributed by atoms with Crippen molar-refractivity contribution in [3.8, 4) is 0 Å². The first-order chi connectivity index (χ1) is 11.5. The van der Waals surface area contributed by atoms with Crippen molar-refractivity contribution in [1.82, 2.24) is 10.3 Å². The number of carbonyl (C=O) groups is 1. The predicted molar refractivity (Wildman–Crippen MR) is 99.1 cm³/mol. The fraction of sp³-hybridized carbons (Fsp3) is 0.286. The fourth-order valence-electron chi connectivity index (χ4n) is 3.20. The van der Waals surface area contributed by atoms with Gasteiger partial charge in [-0.05, 0) is 49.9 Å². The number of carbonyl (C=O) groups excluding carboxylic acids is 1. The zero-order valence-corrected chi connectivity index (χ0v) is 14.5. The molecule has 0 saturated heterocycles. The van der Waals surface area contributed by atoms with Crippen LogP contribution in [0.25, 0.3) is 10.9 Å². The highest BCUT2D eigenvalue weighted by Crippen LogP contribution is 2.21. The summed E-state index contributed by atoms with van der Waals surface area (Å²) in [5.41, 5.74) is 5.94. The van der Waals surface area contributed by atoms with Crippen LogP contribution in [0.5, 0.6) is 0 Å². The van der Waals surface area contributed by atoms with E-state index < -0.39 is 0 Å². The van der Waals surface area contributed by atoms with Crippen molar-refractivity contribution in [2.24, 2.45) is 0 Å². The number of hydrogen-bond donors (Lipinski definition) is 2. The molecular formula is C21H24N2O. The Balaban J connectivity index is 1.62. The van der Waals surface area contributed by atoms with Crippen LogP contribution in [0, 0.1) is 13.8 Å². The zero-order valence-electron chi connectivity index (χ0n) is 14.5. The summed E-state index contributed by atoms with van der Waals surface area (Å²) in [5.74, 6) is 0.0914. The van der Waals surface area contributed by atoms with Gasteiger partial charge in [0, 0.05) is 23.5 Å². The minimum absolute atomic E-state index is 0.0281. The second-order valence-electron chi connectivity index (χ2n) is 6.51. The topological polar surface area (TPSA) is 44.9 Å². The van der Waals surface area contributed by atoms with Gasteiger partial charge in [0.05, 0.1) is 6.04 Å². The maximum atomic E-state index is 12.3. The maximum Gasteiger partial charge on any atom is 0.220 e. The number of H-pyrrole nitrogens is 1. The summed E-state index contributed by atoms with van der Waals surface area (Å²) in [4.78, 5) is 15.6. The van der Waals surface area contributed by atoms with E-state index in [1.165, 1.54) is 27.6 Å². The molecule has 0 fully saturated rings. The van der Waals surface area contributed by atoms with Gasteiger partial charge < -0.3 is 10.3 Å². The second-order valence-corrected chi connectivity index (χ2v) is 6.51. The number of aryl methyl sites for hydroxylation is 3. The third-order valence-electron chi connectivity index (χ3n) is 4.58. The van der Waals surface area contributed by atoms with Gasteiger partial charge >= 0.3 is 0 Å². The zero-order chi connectivity index (χ0) is 17.1. The molecule has 1 unspecified atom stereocenters. The van der Waals surface area contributed by atoms with Gasteiger partial charge in [0.25, 0.3) is 0 Å². The fourth-order valence-corrected chi connectivity index (χ4v) is 3.20. The molecule has 2 aromatic carbocycles. The number of para-hydroxylation sites is 1. The Labute approximate surface area is 143 Å². The van der Waals surface area contributed by atoms with E-state index in [-0.39, 0.29) is 11.9 Å². The van der Waals surface area contributed by atoms with Crippen molar-refractivity contribution in [1.29, 1.82) is 0 Å². The van der Waals surface area contributed by atoms with Crippen molar-refractivity contribution in [3.63, 3.8) is 0 Å². The molecule has 0 bridgehead atoms. The lowest BCUT2D eigenvalue weighted by Gasteiger charge is -2.17. The molecule has 1 atom stereocenters. The van der Waals surface area contributed by atoms with Crippen LogP contribution in [0.3, 0.4) is 0 Å². The lowest BCUT2D eigenvalue weighted by molar-refractivity contribution is -0.121. The lowest BCUT2D eigenvalue weighted by Crippen LogP contribution is -2.27. The van der Waals surface area contributed by atoms with Crippen LogP contribution in [-0.4, -0.2) is 10.9 Å². The summed E-state index contributed by atoms with van der Waals surface area (Å²) in [7, 11) is 0. The highest BCUT2D eigenvalue weighted by Gasteiger charge is 2.13. The number of aromatic amines is 1. The first kappa shape index (κ1) is 16.3. The average molecular weight is 320 g/mol. The van der Waals surface area contributed by atoms with Crippen molar-refractivity contribution in [2.45, 2.75) is 39.7 Å². The van der Waals surface area contributed by atoms with Crippen LogP contribution in [-0.2, 0) is 11.2 Å². The molecular weight excluding hydrogens is 296 g/mol. The van der Waals surface area contributed by atoms with Gasteiger partial charge in [0.1, 0.15) is 0 Å². The Morgan fingerprint density at radius 3 is 2.79 bits per heavy atom. The summed E-state index contributed by atoms with van der Waals surface area (Å²) in [5, 5.41) is 4.33. The monoisotopic (exact) mass is 320 g/mol. The van der Waals surface area contributed by atoms with Crippen molar-refractivity contribution >= 4 is 16.8 Å². The molecule has 0 radical (unpaired) electrons. The number of aromatic nitrogens is 1. The van der Waals surface area contributed by atoms with Gasteiger partial charge in [0.2, 0.25) is 5.91 Å². The van der Waals surface area contributed by atoms with Gasteiger partial charge in [-0.1, -0.05) is 42.0 Å². The Bertz CT molecular complexity index is 863. The van der Waals surface area contributed by atoms with Gasteiger partial charge in [0.15, 0.2) is 0 Å². The van der Waals surface area contributed by atoms with E-state index >= 15 is 0 Å². The molecule has 0 aliphatic heterocycles. The Morgan fingerprint density at radius 2 is 1.96 bits per heavy atom. The summed E-state index contributed by atoms with van der Waals surface area (Å²) in [6.45, 7) is 6.21. The van der Waals surface area contributed by atoms with Gasteiger partial charge in [-0.3, -0.25) is 4.79 Å². The molecule has 0 spiro atoms. The van der Waals surface area contributed by atoms with E-state index in [1.807, 2.05) is 25.3 Å². The molecule has 0 aliphatic carbocycles. The summed E-state index contributed by atoms with van der Waals surface area (Å²) in [6, 6.07) is 14.6. The number of fused-ring (bicyclic) bond motifs is 1. The quantitative estimate of drug-likeness (QED) is 0.709. The molecule has 3 rings (SSSR count). The largest absolute Gasteiger partial charge is 0.361 e. The van der Waals surface area contributed by atoms with Crippen molar-refractivity contribution in [3.05, 3.63) is 70.9 Å². The smallest absolute Gasteiger partial charge is 0.220 e. The van der Waals surface area contributed by atoms with E-state index in [0.29, 0.717) is 6.42 Å². The Kier molecular flexibility index (Phi) is 4.70. The summed E-state index contributed by atoms with van der Waals surface area (Å²) >= 11 is 0. The van der Waals surface area contributed by atoms with Gasteiger partial charge in [-0.2, -0.15) is 0 Å². The number of rotatable bonds is 5. The molecule has 0 saturated carbocycles. The predicted octanol–water partition coefficient (Wildman–Crippen LogP) is 4.59.